The van der Waals surface area contributed by atoms with Gasteiger partial charge in [0.1, 0.15) is 5.82 Å². The molecule has 0 aliphatic carbocycles. The predicted molar refractivity (Wildman–Crippen MR) is 79.5 cm³/mol. The number of unbranched alkanes of at least 4 members (excludes halogenated alkanes) is 1. The summed E-state index contributed by atoms with van der Waals surface area (Å²) in [5.41, 5.74) is 3.74. The van der Waals surface area contributed by atoms with Gasteiger partial charge in [-0.1, -0.05) is 13.3 Å². The number of aromatic nitrogens is 1. The lowest BCUT2D eigenvalue weighted by molar-refractivity contribution is 0.0940. The Morgan fingerprint density at radius 1 is 1.35 bits per heavy atom. The summed E-state index contributed by atoms with van der Waals surface area (Å²) in [4.78, 5) is 16.1. The Hall–Kier alpha value is -1.66. The van der Waals surface area contributed by atoms with Crippen molar-refractivity contribution in [1.82, 2.24) is 10.3 Å². The van der Waals surface area contributed by atoms with Crippen molar-refractivity contribution < 1.29 is 9.53 Å². The zero-order valence-corrected chi connectivity index (χ0v) is 12.2. The van der Waals surface area contributed by atoms with Crippen molar-refractivity contribution in [2.75, 3.05) is 25.2 Å². The van der Waals surface area contributed by atoms with Gasteiger partial charge in [0.05, 0.1) is 0 Å². The van der Waals surface area contributed by atoms with Crippen LogP contribution in [0.4, 0.5) is 5.82 Å². The monoisotopic (exact) mass is 280 g/mol. The van der Waals surface area contributed by atoms with Crippen LogP contribution in [0.3, 0.4) is 0 Å². The lowest BCUT2D eigenvalue weighted by Gasteiger charge is -2.08. The summed E-state index contributed by atoms with van der Waals surface area (Å²) in [5, 5.41) is 2.85. The Bertz CT molecular complexity index is 424. The average Bonchev–Trinajstić information content (AvgIpc) is 2.45. The standard InChI is InChI=1S/C14H24N4O2/c1-3-4-7-20-8-5-6-16-14(19)12-9-11(2)17-13(10-12)18-15/h9-10H,3-8,15H2,1-2H3,(H,16,19)(H,17,18). The fraction of sp³-hybridized carbons (Fsp3) is 0.571. The molecule has 0 saturated carbocycles. The Kier molecular flexibility index (Phi) is 7.60. The van der Waals surface area contributed by atoms with Crippen molar-refractivity contribution in [2.24, 2.45) is 5.84 Å². The lowest BCUT2D eigenvalue weighted by Crippen LogP contribution is -2.25. The molecule has 1 aromatic rings. The molecule has 0 radical (unpaired) electrons. The number of nitrogen functional groups attached to an aromatic ring is 1. The summed E-state index contributed by atoms with van der Waals surface area (Å²) in [6.07, 6.45) is 3.02. The summed E-state index contributed by atoms with van der Waals surface area (Å²) in [6, 6.07) is 3.36. The molecule has 1 heterocycles. The van der Waals surface area contributed by atoms with E-state index in [4.69, 9.17) is 10.6 Å². The molecular weight excluding hydrogens is 256 g/mol. The Labute approximate surface area is 120 Å². The van der Waals surface area contributed by atoms with Gasteiger partial charge in [-0.2, -0.15) is 0 Å². The number of nitrogens with two attached hydrogens (primary N) is 1. The van der Waals surface area contributed by atoms with Gasteiger partial charge >= 0.3 is 0 Å². The maximum absolute atomic E-state index is 12.0. The molecule has 112 valence electrons. The molecule has 0 bridgehead atoms. The molecule has 20 heavy (non-hydrogen) atoms. The number of nitrogens with one attached hydrogen (secondary N) is 2. The number of anilines is 1. The van der Waals surface area contributed by atoms with E-state index in [-0.39, 0.29) is 5.91 Å². The van der Waals surface area contributed by atoms with Crippen LogP contribution in [0.5, 0.6) is 0 Å². The Morgan fingerprint density at radius 3 is 2.80 bits per heavy atom. The number of nitrogens with zero attached hydrogens (tertiary/aromatic N) is 1. The van der Waals surface area contributed by atoms with Crippen molar-refractivity contribution in [3.63, 3.8) is 0 Å². The van der Waals surface area contributed by atoms with E-state index in [1.165, 1.54) is 0 Å². The van der Waals surface area contributed by atoms with Gasteiger partial charge in [-0.25, -0.2) is 10.8 Å². The van der Waals surface area contributed by atoms with Gasteiger partial charge < -0.3 is 15.5 Å². The van der Waals surface area contributed by atoms with Crippen LogP contribution < -0.4 is 16.6 Å². The minimum Gasteiger partial charge on any atom is -0.381 e. The summed E-state index contributed by atoms with van der Waals surface area (Å²) in [7, 11) is 0. The second-order valence-corrected chi connectivity index (χ2v) is 4.60. The van der Waals surface area contributed by atoms with E-state index >= 15 is 0 Å². The maximum atomic E-state index is 12.0. The van der Waals surface area contributed by atoms with Crippen LogP contribution in [0.25, 0.3) is 0 Å². The third-order valence-corrected chi connectivity index (χ3v) is 2.76. The van der Waals surface area contributed by atoms with E-state index in [1.54, 1.807) is 12.1 Å². The van der Waals surface area contributed by atoms with Crippen LogP contribution in [0.15, 0.2) is 12.1 Å². The largest absolute Gasteiger partial charge is 0.381 e. The van der Waals surface area contributed by atoms with Crippen molar-refractivity contribution in [3.8, 4) is 0 Å². The first-order chi connectivity index (χ1) is 9.67. The molecule has 6 nitrogen and oxygen atoms in total. The van der Waals surface area contributed by atoms with Crippen LogP contribution in [-0.2, 0) is 4.74 Å². The van der Waals surface area contributed by atoms with E-state index in [0.717, 1.165) is 31.6 Å². The molecule has 0 aromatic carbocycles. The fourth-order valence-electron chi connectivity index (χ4n) is 1.70. The smallest absolute Gasteiger partial charge is 0.251 e. The van der Waals surface area contributed by atoms with Gasteiger partial charge in [0.15, 0.2) is 0 Å². The zero-order chi connectivity index (χ0) is 14.8. The predicted octanol–water partition coefficient (Wildman–Crippen LogP) is 1.61. The van der Waals surface area contributed by atoms with Gasteiger partial charge in [-0.15, -0.1) is 0 Å². The first-order valence-electron chi connectivity index (χ1n) is 6.98. The highest BCUT2D eigenvalue weighted by Gasteiger charge is 2.07. The van der Waals surface area contributed by atoms with E-state index in [2.05, 4.69) is 22.7 Å². The first kappa shape index (κ1) is 16.4. The highest BCUT2D eigenvalue weighted by molar-refractivity contribution is 5.94. The van der Waals surface area contributed by atoms with Gasteiger partial charge in [-0.05, 0) is 31.9 Å². The summed E-state index contributed by atoms with van der Waals surface area (Å²) in [6.45, 7) is 6.01. The highest BCUT2D eigenvalue weighted by atomic mass is 16.5. The minimum absolute atomic E-state index is 0.124. The number of hydrogen-bond donors (Lipinski definition) is 3. The second-order valence-electron chi connectivity index (χ2n) is 4.60. The molecule has 0 atom stereocenters. The molecule has 6 heteroatoms. The van der Waals surface area contributed by atoms with Crippen molar-refractivity contribution in [2.45, 2.75) is 33.1 Å². The quantitative estimate of drug-likeness (QED) is 0.363. The Morgan fingerprint density at radius 2 is 2.10 bits per heavy atom. The molecule has 1 aromatic heterocycles. The molecule has 0 spiro atoms. The number of hydrogen-bond acceptors (Lipinski definition) is 5. The number of hydrazine groups is 1. The summed E-state index contributed by atoms with van der Waals surface area (Å²) < 4.78 is 5.43. The topological polar surface area (TPSA) is 89.3 Å². The van der Waals surface area contributed by atoms with E-state index in [9.17, 15) is 4.79 Å². The average molecular weight is 280 g/mol. The molecule has 0 aliphatic rings. The molecule has 0 fully saturated rings. The lowest BCUT2D eigenvalue weighted by atomic mass is 10.2. The molecule has 0 unspecified atom stereocenters. The van der Waals surface area contributed by atoms with Crippen LogP contribution >= 0.6 is 0 Å². The number of amides is 1. The third-order valence-electron chi connectivity index (χ3n) is 2.76. The molecule has 4 N–H and O–H groups in total. The molecule has 1 rings (SSSR count). The third kappa shape index (κ3) is 5.99. The van der Waals surface area contributed by atoms with Crippen molar-refractivity contribution in [3.05, 3.63) is 23.4 Å². The number of aryl methyl sites for hydroxylation is 1. The van der Waals surface area contributed by atoms with E-state index in [0.29, 0.717) is 24.5 Å². The number of ether oxygens (including phenoxy) is 1. The highest BCUT2D eigenvalue weighted by Crippen LogP contribution is 2.08. The Balaban J connectivity index is 2.30. The van der Waals surface area contributed by atoms with Crippen LogP contribution in [0.1, 0.15) is 42.2 Å². The number of carbonyl (C=O) groups excluding carboxylic acids is 1. The van der Waals surface area contributed by atoms with Crippen molar-refractivity contribution in [1.29, 1.82) is 0 Å². The molecule has 0 saturated heterocycles. The van der Waals surface area contributed by atoms with Crippen LogP contribution in [-0.4, -0.2) is 30.6 Å². The summed E-state index contributed by atoms with van der Waals surface area (Å²) in [5.74, 6) is 5.67. The maximum Gasteiger partial charge on any atom is 0.251 e. The van der Waals surface area contributed by atoms with Crippen LogP contribution in [0, 0.1) is 6.92 Å². The SMILES string of the molecule is CCCCOCCCNC(=O)c1cc(C)nc(NN)c1. The van der Waals surface area contributed by atoms with Crippen molar-refractivity contribution >= 4 is 11.7 Å². The second kappa shape index (κ2) is 9.28. The normalized spacial score (nSPS) is 10.3. The molecule has 1 amide bonds. The molecular formula is C14H24N4O2. The van der Waals surface area contributed by atoms with E-state index < -0.39 is 0 Å². The summed E-state index contributed by atoms with van der Waals surface area (Å²) >= 11 is 0. The van der Waals surface area contributed by atoms with Gasteiger partial charge in [-0.3, -0.25) is 4.79 Å². The van der Waals surface area contributed by atoms with Crippen LogP contribution in [0.2, 0.25) is 0 Å². The van der Waals surface area contributed by atoms with Gasteiger partial charge in [0.25, 0.3) is 5.91 Å². The first-order valence-corrected chi connectivity index (χ1v) is 6.98. The van der Waals surface area contributed by atoms with Gasteiger partial charge in [0, 0.05) is 31.0 Å². The molecule has 0 aliphatic heterocycles. The van der Waals surface area contributed by atoms with Gasteiger partial charge in [0.2, 0.25) is 0 Å². The zero-order valence-electron chi connectivity index (χ0n) is 12.2. The number of carbonyl (C=O) groups is 1. The fourth-order valence-corrected chi connectivity index (χ4v) is 1.70. The number of pyridine rings is 1. The minimum atomic E-state index is -0.124. The number of rotatable bonds is 9. The van der Waals surface area contributed by atoms with E-state index in [1.807, 2.05) is 6.92 Å².